The van der Waals surface area contributed by atoms with Gasteiger partial charge in [0, 0.05) is 24.1 Å². The molecule has 3 N–H and O–H groups in total. The van der Waals surface area contributed by atoms with Crippen molar-refractivity contribution in [3.8, 4) is 0 Å². The molecule has 0 spiro atoms. The van der Waals surface area contributed by atoms with E-state index >= 15 is 0 Å². The molecule has 1 atom stereocenters. The van der Waals surface area contributed by atoms with Crippen LogP contribution in [0.1, 0.15) is 16.8 Å². The summed E-state index contributed by atoms with van der Waals surface area (Å²) in [5, 5.41) is 0.750. The second-order valence-corrected chi connectivity index (χ2v) is 9.58. The number of aryl methyl sites for hydroxylation is 1. The Bertz CT molecular complexity index is 1180. The van der Waals surface area contributed by atoms with Gasteiger partial charge in [-0.3, -0.25) is 20.4 Å². The van der Waals surface area contributed by atoms with Gasteiger partial charge in [-0.15, -0.1) is 0 Å². The zero-order valence-corrected chi connectivity index (χ0v) is 18.8. The lowest BCUT2D eigenvalue weighted by Crippen LogP contribution is -2.52. The van der Waals surface area contributed by atoms with E-state index in [1.807, 2.05) is 42.1 Å². The highest BCUT2D eigenvalue weighted by Crippen LogP contribution is 2.20. The largest absolute Gasteiger partial charge is 0.350 e. The van der Waals surface area contributed by atoms with Crippen LogP contribution in [0, 0.1) is 0 Å². The van der Waals surface area contributed by atoms with Gasteiger partial charge in [0.15, 0.2) is 0 Å². The number of hydrogen-bond donors (Lipinski definition) is 3. The van der Waals surface area contributed by atoms with E-state index in [-0.39, 0.29) is 11.3 Å². The van der Waals surface area contributed by atoms with Crippen molar-refractivity contribution in [3.63, 3.8) is 0 Å². The summed E-state index contributed by atoms with van der Waals surface area (Å²) in [6.07, 6.45) is 3.81. The Morgan fingerprint density at radius 1 is 1.03 bits per heavy atom. The third-order valence-electron chi connectivity index (χ3n) is 4.72. The monoisotopic (exact) mass is 460 g/mol. The van der Waals surface area contributed by atoms with Gasteiger partial charge in [-0.25, -0.2) is 8.42 Å². The highest BCUT2D eigenvalue weighted by Gasteiger charge is 2.26. The summed E-state index contributed by atoms with van der Waals surface area (Å²) in [5.41, 5.74) is 6.04. The Labute approximate surface area is 185 Å². The van der Waals surface area contributed by atoms with Crippen LogP contribution >= 0.6 is 11.8 Å². The van der Waals surface area contributed by atoms with E-state index in [9.17, 15) is 18.0 Å². The van der Waals surface area contributed by atoms with Crippen molar-refractivity contribution in [2.45, 2.75) is 17.4 Å². The number of hydrogen-bond acceptors (Lipinski definition) is 5. The first-order chi connectivity index (χ1) is 14.8. The number of rotatable bonds is 8. The predicted molar refractivity (Wildman–Crippen MR) is 122 cm³/mol. The van der Waals surface area contributed by atoms with E-state index in [4.69, 9.17) is 0 Å². The number of aromatic nitrogens is 1. The van der Waals surface area contributed by atoms with E-state index in [0.29, 0.717) is 11.3 Å². The Kier molecular flexibility index (Phi) is 7.37. The van der Waals surface area contributed by atoms with Gasteiger partial charge < -0.3 is 4.57 Å². The molecule has 8 nitrogen and oxygen atoms in total. The van der Waals surface area contributed by atoms with Crippen LogP contribution in [0.4, 0.5) is 0 Å². The Hall–Kier alpha value is -2.82. The summed E-state index contributed by atoms with van der Waals surface area (Å²) in [7, 11) is -2.06. The number of thioether (sulfide) groups is 1. The van der Waals surface area contributed by atoms with Crippen LogP contribution in [0.5, 0.6) is 0 Å². The standard InChI is InChI=1S/C21H24N4O4S2/c1-25-14-17(16-10-6-7-11-19(16)25)20(26)22-23-21(27)18(12-13-30-2)24-31(28,29)15-8-4-3-5-9-15/h3-11,14,18,24H,12-13H2,1-2H3,(H,22,26)(H,23,27)/t18-/m0/s1. The van der Waals surface area contributed by atoms with Crippen molar-refractivity contribution in [1.82, 2.24) is 20.1 Å². The minimum atomic E-state index is -3.89. The lowest BCUT2D eigenvalue weighted by atomic mass is 10.2. The molecule has 0 bridgehead atoms. The smallest absolute Gasteiger partial charge is 0.271 e. The fourth-order valence-corrected chi connectivity index (χ4v) is 4.85. The fourth-order valence-electron chi connectivity index (χ4n) is 3.13. The van der Waals surface area contributed by atoms with Crippen LogP contribution in [-0.2, 0) is 21.9 Å². The Morgan fingerprint density at radius 3 is 2.42 bits per heavy atom. The normalized spacial score (nSPS) is 12.5. The molecule has 3 rings (SSSR count). The summed E-state index contributed by atoms with van der Waals surface area (Å²) in [6, 6.07) is 14.2. The molecule has 1 heterocycles. The van der Waals surface area contributed by atoms with Crippen molar-refractivity contribution in [2.75, 3.05) is 12.0 Å². The minimum absolute atomic E-state index is 0.0664. The molecule has 0 saturated carbocycles. The number of hydrazine groups is 1. The fraction of sp³-hybridized carbons (Fsp3) is 0.238. The van der Waals surface area contributed by atoms with Crippen LogP contribution in [-0.4, -0.2) is 42.8 Å². The van der Waals surface area contributed by atoms with Gasteiger partial charge in [-0.05, 0) is 36.6 Å². The summed E-state index contributed by atoms with van der Waals surface area (Å²) in [5.74, 6) is -0.561. The molecule has 0 fully saturated rings. The second-order valence-electron chi connectivity index (χ2n) is 6.88. The molecule has 0 aliphatic rings. The van der Waals surface area contributed by atoms with Gasteiger partial charge in [0.25, 0.3) is 11.8 Å². The molecule has 31 heavy (non-hydrogen) atoms. The molecule has 3 aromatic rings. The maximum absolute atomic E-state index is 12.7. The number of carbonyl (C=O) groups excluding carboxylic acids is 2. The van der Waals surface area contributed by atoms with E-state index in [1.165, 1.54) is 23.9 Å². The number of nitrogens with zero attached hydrogens (tertiary/aromatic N) is 1. The minimum Gasteiger partial charge on any atom is -0.350 e. The average Bonchev–Trinajstić information content (AvgIpc) is 3.12. The van der Waals surface area contributed by atoms with E-state index < -0.39 is 27.9 Å². The van der Waals surface area contributed by atoms with E-state index in [1.54, 1.807) is 24.4 Å². The highest BCUT2D eigenvalue weighted by molar-refractivity contribution is 7.98. The number of amides is 2. The molecule has 0 saturated heterocycles. The number of para-hydroxylation sites is 1. The maximum Gasteiger partial charge on any atom is 0.271 e. The quantitative estimate of drug-likeness (QED) is 0.446. The molecule has 164 valence electrons. The van der Waals surface area contributed by atoms with Crippen molar-refractivity contribution in [3.05, 3.63) is 66.4 Å². The van der Waals surface area contributed by atoms with Gasteiger partial charge in [0.2, 0.25) is 10.0 Å². The Balaban J connectivity index is 1.71. The number of sulfonamides is 1. The maximum atomic E-state index is 12.7. The molecule has 0 radical (unpaired) electrons. The Morgan fingerprint density at radius 2 is 1.71 bits per heavy atom. The topological polar surface area (TPSA) is 109 Å². The van der Waals surface area contributed by atoms with Crippen LogP contribution in [0.25, 0.3) is 10.9 Å². The van der Waals surface area contributed by atoms with Gasteiger partial charge in [0.1, 0.15) is 6.04 Å². The first kappa shape index (κ1) is 22.9. The summed E-state index contributed by atoms with van der Waals surface area (Å²) in [6.45, 7) is 0. The van der Waals surface area contributed by atoms with E-state index in [0.717, 1.165) is 10.9 Å². The van der Waals surface area contributed by atoms with Crippen LogP contribution < -0.4 is 15.6 Å². The SMILES string of the molecule is CSCC[C@H](NS(=O)(=O)c1ccccc1)C(=O)NNC(=O)c1cn(C)c2ccccc12. The van der Waals surface area contributed by atoms with Gasteiger partial charge in [0.05, 0.1) is 10.5 Å². The number of nitrogens with one attached hydrogen (secondary N) is 3. The number of carbonyl (C=O) groups is 2. The molecule has 2 aromatic carbocycles. The van der Waals surface area contributed by atoms with Crippen LogP contribution in [0.3, 0.4) is 0 Å². The molecule has 0 aliphatic heterocycles. The zero-order chi connectivity index (χ0) is 22.4. The molecule has 0 aliphatic carbocycles. The number of fused-ring (bicyclic) bond motifs is 1. The first-order valence-electron chi connectivity index (χ1n) is 9.54. The average molecular weight is 461 g/mol. The highest BCUT2D eigenvalue weighted by atomic mass is 32.2. The van der Waals surface area contributed by atoms with E-state index in [2.05, 4.69) is 15.6 Å². The summed E-state index contributed by atoms with van der Waals surface area (Å²) < 4.78 is 29.5. The van der Waals surface area contributed by atoms with Crippen LogP contribution in [0.15, 0.2) is 65.7 Å². The third kappa shape index (κ3) is 5.46. The molecule has 1 aromatic heterocycles. The molecular formula is C21H24N4O4S2. The molecule has 2 amide bonds. The molecule has 0 unspecified atom stereocenters. The van der Waals surface area contributed by atoms with Gasteiger partial charge in [-0.2, -0.15) is 16.5 Å². The van der Waals surface area contributed by atoms with Gasteiger partial charge in [-0.1, -0.05) is 36.4 Å². The summed E-state index contributed by atoms with van der Waals surface area (Å²) >= 11 is 1.49. The lowest BCUT2D eigenvalue weighted by molar-refractivity contribution is -0.123. The zero-order valence-electron chi connectivity index (χ0n) is 17.2. The van der Waals surface area contributed by atoms with Crippen molar-refractivity contribution in [1.29, 1.82) is 0 Å². The number of benzene rings is 2. The molecular weight excluding hydrogens is 436 g/mol. The lowest BCUT2D eigenvalue weighted by Gasteiger charge is -2.18. The van der Waals surface area contributed by atoms with Crippen molar-refractivity contribution in [2.24, 2.45) is 7.05 Å². The predicted octanol–water partition coefficient (Wildman–Crippen LogP) is 2.04. The van der Waals surface area contributed by atoms with Gasteiger partial charge >= 0.3 is 0 Å². The van der Waals surface area contributed by atoms with Crippen molar-refractivity contribution < 1.29 is 18.0 Å². The summed E-state index contributed by atoms with van der Waals surface area (Å²) in [4.78, 5) is 25.4. The first-order valence-corrected chi connectivity index (χ1v) is 12.4. The van der Waals surface area contributed by atoms with Crippen molar-refractivity contribution >= 4 is 44.5 Å². The second kappa shape index (κ2) is 9.99. The third-order valence-corrected chi connectivity index (χ3v) is 6.85. The molecule has 10 heteroatoms. The van der Waals surface area contributed by atoms with Crippen LogP contribution in [0.2, 0.25) is 0 Å².